The number of rotatable bonds is 7. The second-order valence-corrected chi connectivity index (χ2v) is 7.75. The maximum atomic E-state index is 11.9. The Morgan fingerprint density at radius 3 is 2.68 bits per heavy atom. The molecule has 1 aromatic heterocycles. The molecule has 1 amide bonds. The molecule has 7 heteroatoms. The molecule has 0 saturated carbocycles. The molecular formula is C18H24ClN3O2S. The van der Waals surface area contributed by atoms with E-state index in [1.165, 1.54) is 9.58 Å². The van der Waals surface area contributed by atoms with E-state index in [1.807, 2.05) is 6.07 Å². The predicted octanol–water partition coefficient (Wildman–Crippen LogP) is 2.43. The molecule has 136 valence electrons. The Morgan fingerprint density at radius 1 is 1.24 bits per heavy atom. The lowest BCUT2D eigenvalue weighted by molar-refractivity contribution is -0.122. The third-order valence-electron chi connectivity index (χ3n) is 4.43. The van der Waals surface area contributed by atoms with Crippen LogP contribution in [0.1, 0.15) is 4.88 Å². The van der Waals surface area contributed by atoms with Crippen molar-refractivity contribution in [1.29, 1.82) is 0 Å². The molecule has 1 N–H and O–H groups in total. The van der Waals surface area contributed by atoms with Crippen LogP contribution in [0.25, 0.3) is 10.1 Å². The van der Waals surface area contributed by atoms with Crippen LogP contribution in [0.3, 0.4) is 0 Å². The van der Waals surface area contributed by atoms with Gasteiger partial charge in [-0.25, -0.2) is 0 Å². The highest BCUT2D eigenvalue weighted by atomic mass is 35.5. The van der Waals surface area contributed by atoms with E-state index in [0.29, 0.717) is 19.7 Å². The van der Waals surface area contributed by atoms with E-state index in [2.05, 4.69) is 33.3 Å². The summed E-state index contributed by atoms with van der Waals surface area (Å²) in [5.74, 6) is 0.0676. The van der Waals surface area contributed by atoms with Gasteiger partial charge >= 0.3 is 0 Å². The number of benzene rings is 1. The average molecular weight is 382 g/mol. The molecule has 0 spiro atoms. The molecule has 2 heterocycles. The zero-order valence-corrected chi connectivity index (χ0v) is 16.0. The molecule has 1 aliphatic heterocycles. The molecule has 0 atom stereocenters. The Balaban J connectivity index is 1.47. The van der Waals surface area contributed by atoms with Crippen molar-refractivity contribution in [1.82, 2.24) is 15.1 Å². The standard InChI is InChI=1S/C18H24ClN3O2S/c1-24-11-6-20-17(23)13-22-9-7-21(8-10-22)12-16-18(19)14-4-2-3-5-15(14)25-16/h2-5H,6-13H2,1H3,(H,20,23). The number of hydrogen-bond acceptors (Lipinski definition) is 5. The maximum absolute atomic E-state index is 11.9. The van der Waals surface area contributed by atoms with Crippen molar-refractivity contribution in [2.45, 2.75) is 6.54 Å². The van der Waals surface area contributed by atoms with Gasteiger partial charge in [-0.1, -0.05) is 29.8 Å². The fourth-order valence-electron chi connectivity index (χ4n) is 3.03. The zero-order chi connectivity index (χ0) is 17.6. The Hall–Kier alpha value is -1.18. The van der Waals surface area contributed by atoms with Gasteiger partial charge in [-0.2, -0.15) is 0 Å². The quantitative estimate of drug-likeness (QED) is 0.748. The van der Waals surface area contributed by atoms with E-state index in [4.69, 9.17) is 16.3 Å². The van der Waals surface area contributed by atoms with Crippen molar-refractivity contribution in [3.05, 3.63) is 34.2 Å². The summed E-state index contributed by atoms with van der Waals surface area (Å²) >= 11 is 8.32. The minimum Gasteiger partial charge on any atom is -0.383 e. The molecule has 5 nitrogen and oxygen atoms in total. The first kappa shape index (κ1) is 18.6. The maximum Gasteiger partial charge on any atom is 0.234 e. The summed E-state index contributed by atoms with van der Waals surface area (Å²) in [6.07, 6.45) is 0. The van der Waals surface area contributed by atoms with Crippen LogP contribution in [0.4, 0.5) is 0 Å². The number of carbonyl (C=O) groups excluding carboxylic acids is 1. The van der Waals surface area contributed by atoms with Gasteiger partial charge in [0, 0.05) is 61.3 Å². The molecule has 0 bridgehead atoms. The summed E-state index contributed by atoms with van der Waals surface area (Å²) in [7, 11) is 1.63. The molecule has 1 aliphatic rings. The first-order valence-corrected chi connectivity index (χ1v) is 9.73. The molecule has 1 aromatic carbocycles. The fourth-order valence-corrected chi connectivity index (χ4v) is 4.56. The van der Waals surface area contributed by atoms with Gasteiger partial charge in [-0.3, -0.25) is 14.6 Å². The Bertz CT molecular complexity index is 713. The third-order valence-corrected chi connectivity index (χ3v) is 6.13. The molecule has 2 aromatic rings. The van der Waals surface area contributed by atoms with Gasteiger partial charge in [0.2, 0.25) is 5.91 Å². The Labute approximate surface area is 157 Å². The van der Waals surface area contributed by atoms with Crippen molar-refractivity contribution < 1.29 is 9.53 Å². The Kier molecular flexibility index (Phi) is 6.67. The number of nitrogens with one attached hydrogen (secondary N) is 1. The summed E-state index contributed by atoms with van der Waals surface area (Å²) in [6, 6.07) is 8.28. The third kappa shape index (κ3) is 4.92. The molecule has 0 radical (unpaired) electrons. The molecule has 3 rings (SSSR count). The number of nitrogens with zero attached hydrogens (tertiary/aromatic N) is 2. The number of amides is 1. The van der Waals surface area contributed by atoms with Crippen LogP contribution < -0.4 is 5.32 Å². The first-order chi connectivity index (χ1) is 12.2. The number of halogens is 1. The lowest BCUT2D eigenvalue weighted by atomic mass is 10.2. The van der Waals surface area contributed by atoms with Crippen LogP contribution in [-0.4, -0.2) is 68.7 Å². The van der Waals surface area contributed by atoms with E-state index < -0.39 is 0 Å². The van der Waals surface area contributed by atoms with Crippen LogP contribution in [0, 0.1) is 0 Å². The smallest absolute Gasteiger partial charge is 0.234 e. The lowest BCUT2D eigenvalue weighted by Gasteiger charge is -2.34. The molecule has 0 aliphatic carbocycles. The number of ether oxygens (including phenoxy) is 1. The average Bonchev–Trinajstić information content (AvgIpc) is 2.93. The highest BCUT2D eigenvalue weighted by Gasteiger charge is 2.20. The van der Waals surface area contributed by atoms with Gasteiger partial charge in [0.05, 0.1) is 18.2 Å². The van der Waals surface area contributed by atoms with E-state index in [0.717, 1.165) is 43.1 Å². The zero-order valence-electron chi connectivity index (χ0n) is 14.5. The van der Waals surface area contributed by atoms with E-state index in [-0.39, 0.29) is 5.91 Å². The normalized spacial score (nSPS) is 16.4. The van der Waals surface area contributed by atoms with Gasteiger partial charge < -0.3 is 10.1 Å². The van der Waals surface area contributed by atoms with Crippen LogP contribution in [0.5, 0.6) is 0 Å². The largest absolute Gasteiger partial charge is 0.383 e. The van der Waals surface area contributed by atoms with E-state index in [9.17, 15) is 4.79 Å². The monoisotopic (exact) mass is 381 g/mol. The summed E-state index contributed by atoms with van der Waals surface area (Å²) in [6.45, 7) is 6.18. The fraction of sp³-hybridized carbons (Fsp3) is 0.500. The van der Waals surface area contributed by atoms with Gasteiger partial charge in [0.1, 0.15) is 0 Å². The minimum atomic E-state index is 0.0676. The predicted molar refractivity (Wildman–Crippen MR) is 103 cm³/mol. The van der Waals surface area contributed by atoms with Gasteiger partial charge in [-0.15, -0.1) is 11.3 Å². The number of hydrogen-bond donors (Lipinski definition) is 1. The van der Waals surface area contributed by atoms with Gasteiger partial charge in [-0.05, 0) is 6.07 Å². The van der Waals surface area contributed by atoms with Crippen molar-refractivity contribution in [2.75, 3.05) is 53.0 Å². The topological polar surface area (TPSA) is 44.8 Å². The number of methoxy groups -OCH3 is 1. The highest BCUT2D eigenvalue weighted by molar-refractivity contribution is 7.19. The van der Waals surface area contributed by atoms with Crippen molar-refractivity contribution in [2.24, 2.45) is 0 Å². The van der Waals surface area contributed by atoms with Crippen LogP contribution >= 0.6 is 22.9 Å². The first-order valence-electron chi connectivity index (χ1n) is 8.53. The van der Waals surface area contributed by atoms with Crippen LogP contribution in [-0.2, 0) is 16.1 Å². The number of fused-ring (bicyclic) bond motifs is 1. The molecule has 0 unspecified atom stereocenters. The summed E-state index contributed by atoms with van der Waals surface area (Å²) < 4.78 is 6.18. The SMILES string of the molecule is COCCNC(=O)CN1CCN(Cc2sc3ccccc3c2Cl)CC1. The van der Waals surface area contributed by atoms with Crippen molar-refractivity contribution in [3.8, 4) is 0 Å². The van der Waals surface area contributed by atoms with Gasteiger partial charge in [0.15, 0.2) is 0 Å². The number of carbonyl (C=O) groups is 1. The number of piperazine rings is 1. The van der Waals surface area contributed by atoms with E-state index >= 15 is 0 Å². The second kappa shape index (κ2) is 8.96. The highest BCUT2D eigenvalue weighted by Crippen LogP contribution is 2.35. The van der Waals surface area contributed by atoms with Crippen LogP contribution in [0.15, 0.2) is 24.3 Å². The minimum absolute atomic E-state index is 0.0676. The van der Waals surface area contributed by atoms with Crippen molar-refractivity contribution in [3.63, 3.8) is 0 Å². The number of thiophene rings is 1. The lowest BCUT2D eigenvalue weighted by Crippen LogP contribution is -2.49. The molecule has 1 fully saturated rings. The Morgan fingerprint density at radius 2 is 1.96 bits per heavy atom. The summed E-state index contributed by atoms with van der Waals surface area (Å²) in [4.78, 5) is 17.7. The molecular weight excluding hydrogens is 358 g/mol. The van der Waals surface area contributed by atoms with Crippen LogP contribution in [0.2, 0.25) is 5.02 Å². The van der Waals surface area contributed by atoms with E-state index in [1.54, 1.807) is 18.4 Å². The summed E-state index contributed by atoms with van der Waals surface area (Å²) in [5.41, 5.74) is 0. The van der Waals surface area contributed by atoms with Gasteiger partial charge in [0.25, 0.3) is 0 Å². The summed E-state index contributed by atoms with van der Waals surface area (Å²) in [5, 5.41) is 4.91. The van der Waals surface area contributed by atoms with Crippen molar-refractivity contribution >= 4 is 38.9 Å². The molecule has 25 heavy (non-hydrogen) atoms. The second-order valence-electron chi connectivity index (χ2n) is 6.23. The molecule has 1 saturated heterocycles.